The summed E-state index contributed by atoms with van der Waals surface area (Å²) >= 11 is 1.21. The molecule has 32 heavy (non-hydrogen) atoms. The molecule has 5 nitrogen and oxygen atoms in total. The van der Waals surface area contributed by atoms with E-state index in [2.05, 4.69) is 10.1 Å². The molecule has 0 bridgehead atoms. The monoisotopic (exact) mass is 447 g/mol. The minimum Gasteiger partial charge on any atom is -0.313 e. The number of aromatic nitrogens is 3. The third-order valence-corrected chi connectivity index (χ3v) is 5.81. The van der Waals surface area contributed by atoms with Gasteiger partial charge in [-0.25, -0.2) is 9.07 Å². The Morgan fingerprint density at radius 3 is 2.44 bits per heavy atom. The number of nitrogens with zero attached hydrogens (tertiary/aromatic N) is 2. The van der Waals surface area contributed by atoms with Gasteiger partial charge in [0.25, 0.3) is 5.56 Å². The second kappa shape index (κ2) is 8.51. The van der Waals surface area contributed by atoms with Crippen LogP contribution in [0.2, 0.25) is 0 Å². The Hall–Kier alpha value is -3.58. The van der Waals surface area contributed by atoms with E-state index in [1.54, 1.807) is 22.9 Å². The zero-order valence-electron chi connectivity index (χ0n) is 17.9. The Bertz CT molecular complexity index is 1440. The van der Waals surface area contributed by atoms with Crippen LogP contribution in [-0.2, 0) is 4.79 Å². The van der Waals surface area contributed by atoms with Crippen molar-refractivity contribution in [1.82, 2.24) is 14.8 Å². The number of benzene rings is 2. The summed E-state index contributed by atoms with van der Waals surface area (Å²) < 4.78 is 16.1. The lowest BCUT2D eigenvalue weighted by atomic mass is 9.91. The first-order chi connectivity index (χ1) is 15.2. The Balaban J connectivity index is 1.86. The summed E-state index contributed by atoms with van der Waals surface area (Å²) in [5.41, 5.74) is 2.12. The Labute approximate surface area is 188 Å². The lowest BCUT2D eigenvalue weighted by Crippen LogP contribution is -2.22. The second-order valence-electron chi connectivity index (χ2n) is 8.41. The number of carbonyl (C=O) groups is 1. The van der Waals surface area contributed by atoms with E-state index in [0.29, 0.717) is 20.5 Å². The van der Waals surface area contributed by atoms with E-state index < -0.39 is 5.41 Å². The third kappa shape index (κ3) is 4.68. The van der Waals surface area contributed by atoms with Gasteiger partial charge in [-0.15, -0.1) is 11.3 Å². The number of H-pyrrole nitrogens is 1. The minimum absolute atomic E-state index is 0.0644. The van der Waals surface area contributed by atoms with Gasteiger partial charge in [0.2, 0.25) is 0 Å². The quantitative estimate of drug-likeness (QED) is 0.519. The number of ketones is 1. The number of rotatable bonds is 4. The van der Waals surface area contributed by atoms with Crippen LogP contribution in [0.4, 0.5) is 4.39 Å². The Morgan fingerprint density at radius 1 is 1.09 bits per heavy atom. The van der Waals surface area contributed by atoms with Crippen molar-refractivity contribution in [3.63, 3.8) is 0 Å². The fourth-order valence-electron chi connectivity index (χ4n) is 3.04. The largest absolute Gasteiger partial charge is 0.313 e. The summed E-state index contributed by atoms with van der Waals surface area (Å²) in [6, 6.07) is 15.7. The van der Waals surface area contributed by atoms with Crippen LogP contribution in [0.1, 0.15) is 26.3 Å². The molecule has 0 aliphatic heterocycles. The molecule has 2 heterocycles. The summed E-state index contributed by atoms with van der Waals surface area (Å²) in [6.45, 7) is 5.49. The molecule has 4 rings (SSSR count). The summed E-state index contributed by atoms with van der Waals surface area (Å²) in [7, 11) is 0. The second-order valence-corrected chi connectivity index (χ2v) is 9.49. The van der Waals surface area contributed by atoms with Crippen molar-refractivity contribution in [2.75, 3.05) is 0 Å². The van der Waals surface area contributed by atoms with Crippen LogP contribution in [0.25, 0.3) is 29.1 Å². The summed E-state index contributed by atoms with van der Waals surface area (Å²) in [5, 5.41) is 4.69. The Kier molecular flexibility index (Phi) is 5.76. The molecule has 7 heteroatoms. The van der Waals surface area contributed by atoms with Crippen LogP contribution in [0.15, 0.2) is 65.6 Å². The summed E-state index contributed by atoms with van der Waals surface area (Å²) in [4.78, 5) is 27.6. The molecule has 162 valence electrons. The third-order valence-electron chi connectivity index (χ3n) is 4.85. The van der Waals surface area contributed by atoms with E-state index in [1.807, 2.05) is 57.3 Å². The van der Waals surface area contributed by atoms with E-state index >= 15 is 0 Å². The number of aromatic amines is 1. The van der Waals surface area contributed by atoms with Gasteiger partial charge < -0.3 is 4.98 Å². The minimum atomic E-state index is -0.530. The van der Waals surface area contributed by atoms with Gasteiger partial charge >= 0.3 is 0 Å². The topological polar surface area (TPSA) is 67.8 Å². The van der Waals surface area contributed by atoms with Crippen molar-refractivity contribution in [3.05, 3.63) is 91.7 Å². The summed E-state index contributed by atoms with van der Waals surface area (Å²) in [5.74, 6) is -0.398. The van der Waals surface area contributed by atoms with Crippen LogP contribution in [-0.4, -0.2) is 20.5 Å². The van der Waals surface area contributed by atoms with Gasteiger partial charge in [0.05, 0.1) is 14.9 Å². The van der Waals surface area contributed by atoms with Crippen molar-refractivity contribution in [2.45, 2.75) is 20.8 Å². The molecule has 0 atom stereocenters. The molecule has 2 aromatic carbocycles. The molecule has 0 unspecified atom stereocenters. The molecule has 0 radical (unpaired) electrons. The van der Waals surface area contributed by atoms with Crippen LogP contribution >= 0.6 is 11.3 Å². The normalized spacial score (nSPS) is 13.0. The van der Waals surface area contributed by atoms with E-state index in [4.69, 9.17) is 0 Å². The number of para-hydroxylation sites is 1. The first-order valence-corrected chi connectivity index (χ1v) is 10.9. The van der Waals surface area contributed by atoms with Gasteiger partial charge in [-0.2, -0.15) is 5.10 Å². The maximum atomic E-state index is 13.5. The zero-order chi connectivity index (χ0) is 22.9. The van der Waals surface area contributed by atoms with E-state index in [9.17, 15) is 14.0 Å². The van der Waals surface area contributed by atoms with E-state index in [-0.39, 0.29) is 17.2 Å². The standard InChI is InChI=1S/C25H22FN3O2S/c1-25(2,3)21(30)14-22-27-24(31)20(32-22)13-17-15-29(19-7-5-4-6-8-19)28-23(17)16-9-11-18(26)12-10-16/h4-15H,1-3H3,(H,27,31)/b20-13+,22-14+. The van der Waals surface area contributed by atoms with E-state index in [1.165, 1.54) is 29.5 Å². The molecule has 0 amide bonds. The van der Waals surface area contributed by atoms with Crippen molar-refractivity contribution in [3.8, 4) is 16.9 Å². The van der Waals surface area contributed by atoms with Crippen LogP contribution in [0.3, 0.4) is 0 Å². The van der Waals surface area contributed by atoms with Crippen LogP contribution in [0.5, 0.6) is 0 Å². The maximum Gasteiger partial charge on any atom is 0.266 e. The lowest BCUT2D eigenvalue weighted by molar-refractivity contribution is -0.119. The molecule has 2 aromatic heterocycles. The number of hydrogen-bond donors (Lipinski definition) is 1. The highest BCUT2D eigenvalue weighted by atomic mass is 32.1. The number of Topliss-reactive ketones (excluding diaryl/α,β-unsaturated/α-hetero) is 1. The number of carbonyl (C=O) groups excluding carboxylic acids is 1. The SMILES string of the molecule is CC(C)(C)C(=O)/C=c1\[nH]c(=O)/c(=C\c2cn(-c3ccccc3)nc2-c2ccc(F)cc2)s1. The number of thiazole rings is 1. The number of nitrogens with one attached hydrogen (secondary N) is 1. The Morgan fingerprint density at radius 2 is 1.78 bits per heavy atom. The highest BCUT2D eigenvalue weighted by molar-refractivity contribution is 7.07. The molecular formula is C25H22FN3O2S. The smallest absolute Gasteiger partial charge is 0.266 e. The van der Waals surface area contributed by atoms with Crippen molar-refractivity contribution >= 4 is 29.3 Å². The van der Waals surface area contributed by atoms with Gasteiger partial charge in [-0.1, -0.05) is 39.0 Å². The first-order valence-electron chi connectivity index (χ1n) is 10.1. The molecule has 1 N–H and O–H groups in total. The predicted octanol–water partition coefficient (Wildman–Crippen LogP) is 3.65. The highest BCUT2D eigenvalue weighted by Crippen LogP contribution is 2.24. The van der Waals surface area contributed by atoms with Gasteiger partial charge in [0.15, 0.2) is 5.78 Å². The maximum absolute atomic E-state index is 13.5. The molecular weight excluding hydrogens is 425 g/mol. The summed E-state index contributed by atoms with van der Waals surface area (Å²) in [6.07, 6.45) is 5.04. The van der Waals surface area contributed by atoms with E-state index in [0.717, 1.165) is 11.3 Å². The van der Waals surface area contributed by atoms with Gasteiger partial charge in [-0.3, -0.25) is 9.59 Å². The molecule has 0 spiro atoms. The van der Waals surface area contributed by atoms with Crippen molar-refractivity contribution in [1.29, 1.82) is 0 Å². The first kappa shape index (κ1) is 21.6. The zero-order valence-corrected chi connectivity index (χ0v) is 18.7. The molecule has 0 aliphatic rings. The molecule has 0 fully saturated rings. The van der Waals surface area contributed by atoms with Gasteiger partial charge in [0, 0.05) is 28.8 Å². The number of hydrogen-bond acceptors (Lipinski definition) is 4. The number of halogens is 1. The van der Waals surface area contributed by atoms with Crippen molar-refractivity contribution in [2.24, 2.45) is 5.41 Å². The van der Waals surface area contributed by atoms with Crippen LogP contribution < -0.4 is 14.8 Å². The van der Waals surface area contributed by atoms with Crippen LogP contribution in [0, 0.1) is 11.2 Å². The molecule has 4 aromatic rings. The fourth-order valence-corrected chi connectivity index (χ4v) is 3.92. The lowest BCUT2D eigenvalue weighted by Gasteiger charge is -2.12. The predicted molar refractivity (Wildman–Crippen MR) is 126 cm³/mol. The van der Waals surface area contributed by atoms with Crippen molar-refractivity contribution < 1.29 is 9.18 Å². The molecule has 0 aliphatic carbocycles. The fraction of sp³-hybridized carbons (Fsp3) is 0.160. The highest BCUT2D eigenvalue weighted by Gasteiger charge is 2.18. The van der Waals surface area contributed by atoms with Gasteiger partial charge in [-0.05, 0) is 42.5 Å². The van der Waals surface area contributed by atoms with Gasteiger partial charge in [0.1, 0.15) is 11.5 Å². The molecule has 0 saturated carbocycles. The average Bonchev–Trinajstić information content (AvgIpc) is 3.32. The average molecular weight is 448 g/mol. The molecule has 0 saturated heterocycles.